The van der Waals surface area contributed by atoms with Crippen LogP contribution >= 0.6 is 0 Å². The number of aromatic nitrogens is 5. The lowest BCUT2D eigenvalue weighted by Crippen LogP contribution is -2.26. The first-order valence-corrected chi connectivity index (χ1v) is 9.28. The van der Waals surface area contributed by atoms with Gasteiger partial charge >= 0.3 is 17.8 Å². The molecule has 0 radical (unpaired) electrons. The first-order valence-electron chi connectivity index (χ1n) is 9.28. The number of nitrogens with zero attached hydrogens (tertiary/aromatic N) is 5. The van der Waals surface area contributed by atoms with Gasteiger partial charge in [0.15, 0.2) is 0 Å². The summed E-state index contributed by atoms with van der Waals surface area (Å²) in [5.41, 5.74) is 6.85. The minimum atomic E-state index is -5.08. The molecule has 2 aromatic heterocycles. The Kier molecular flexibility index (Phi) is 8.23. The van der Waals surface area contributed by atoms with Gasteiger partial charge in [0.25, 0.3) is 6.08 Å². The molecule has 1 aromatic carbocycles. The maximum absolute atomic E-state index is 12.8. The SMILES string of the molecule is CCn1cc(-c2cccc(-n3cnn(CC(CN)=C(F)F)c3=O)c2)cn1.O=C(O)C(F)(F)F. The summed E-state index contributed by atoms with van der Waals surface area (Å²) in [6.45, 7) is 2.08. The van der Waals surface area contributed by atoms with E-state index in [1.165, 1.54) is 10.9 Å². The number of aliphatic carboxylic acids is 1. The van der Waals surface area contributed by atoms with Crippen molar-refractivity contribution in [2.24, 2.45) is 5.73 Å². The number of alkyl halides is 3. The minimum Gasteiger partial charge on any atom is -0.475 e. The van der Waals surface area contributed by atoms with Crippen LogP contribution in [0.4, 0.5) is 22.0 Å². The van der Waals surface area contributed by atoms with Gasteiger partial charge in [0, 0.05) is 30.4 Å². The van der Waals surface area contributed by atoms with E-state index in [4.69, 9.17) is 15.6 Å². The highest BCUT2D eigenvalue weighted by Gasteiger charge is 2.38. The molecule has 0 bridgehead atoms. The molecule has 178 valence electrons. The van der Waals surface area contributed by atoms with E-state index in [1.54, 1.807) is 16.9 Å². The van der Waals surface area contributed by atoms with Crippen LogP contribution in [0.15, 0.2) is 59.4 Å². The van der Waals surface area contributed by atoms with E-state index in [2.05, 4.69) is 10.2 Å². The Labute approximate surface area is 183 Å². The van der Waals surface area contributed by atoms with Gasteiger partial charge in [-0.1, -0.05) is 12.1 Å². The molecule has 0 fully saturated rings. The fraction of sp³-hybridized carbons (Fsp3) is 0.263. The minimum absolute atomic E-state index is 0.321. The summed E-state index contributed by atoms with van der Waals surface area (Å²) in [6, 6.07) is 7.28. The Bertz CT molecular complexity index is 1190. The highest BCUT2D eigenvalue weighted by Crippen LogP contribution is 2.21. The van der Waals surface area contributed by atoms with Crippen molar-refractivity contribution in [2.75, 3.05) is 6.54 Å². The van der Waals surface area contributed by atoms with Crippen molar-refractivity contribution in [1.29, 1.82) is 0 Å². The van der Waals surface area contributed by atoms with Crippen LogP contribution in [0.25, 0.3) is 16.8 Å². The molecule has 0 aliphatic rings. The van der Waals surface area contributed by atoms with Crippen molar-refractivity contribution in [1.82, 2.24) is 24.1 Å². The van der Waals surface area contributed by atoms with E-state index in [9.17, 15) is 26.7 Å². The zero-order valence-electron chi connectivity index (χ0n) is 17.1. The number of halogens is 5. The van der Waals surface area contributed by atoms with Crippen LogP contribution in [-0.4, -0.2) is 47.9 Å². The highest BCUT2D eigenvalue weighted by atomic mass is 19.4. The van der Waals surface area contributed by atoms with Gasteiger partial charge in [0.1, 0.15) is 6.33 Å². The van der Waals surface area contributed by atoms with Crippen LogP contribution in [0.3, 0.4) is 0 Å². The summed E-state index contributed by atoms with van der Waals surface area (Å²) in [4.78, 5) is 21.4. The molecule has 3 rings (SSSR count). The first-order chi connectivity index (χ1) is 15.5. The van der Waals surface area contributed by atoms with E-state index in [1.807, 2.05) is 31.3 Å². The van der Waals surface area contributed by atoms with E-state index in [-0.39, 0.29) is 18.7 Å². The molecule has 3 N–H and O–H groups in total. The Morgan fingerprint density at radius 2 is 1.85 bits per heavy atom. The molecule has 14 heteroatoms. The number of hydrogen-bond donors (Lipinski definition) is 2. The molecule has 0 amide bonds. The Morgan fingerprint density at radius 1 is 1.18 bits per heavy atom. The number of hydrogen-bond acceptors (Lipinski definition) is 5. The molecular weight excluding hydrogens is 455 g/mol. The second kappa shape index (κ2) is 10.7. The Hall–Kier alpha value is -3.81. The van der Waals surface area contributed by atoms with Crippen LogP contribution < -0.4 is 11.4 Å². The number of benzene rings is 1. The van der Waals surface area contributed by atoms with E-state index >= 15 is 0 Å². The second-order valence-electron chi connectivity index (χ2n) is 6.45. The molecule has 0 atom stereocenters. The van der Waals surface area contributed by atoms with Crippen molar-refractivity contribution >= 4 is 5.97 Å². The van der Waals surface area contributed by atoms with Gasteiger partial charge in [-0.2, -0.15) is 32.1 Å². The topological polar surface area (TPSA) is 121 Å². The largest absolute Gasteiger partial charge is 0.490 e. The smallest absolute Gasteiger partial charge is 0.475 e. The number of aryl methyl sites for hydroxylation is 1. The van der Waals surface area contributed by atoms with Crippen molar-refractivity contribution in [2.45, 2.75) is 26.2 Å². The third kappa shape index (κ3) is 6.58. The van der Waals surface area contributed by atoms with Crippen molar-refractivity contribution in [3.63, 3.8) is 0 Å². The molecule has 2 heterocycles. The molecule has 0 spiro atoms. The third-order valence-electron chi connectivity index (χ3n) is 4.25. The van der Waals surface area contributed by atoms with Crippen LogP contribution in [-0.2, 0) is 17.9 Å². The van der Waals surface area contributed by atoms with Crippen LogP contribution in [0, 0.1) is 0 Å². The monoisotopic (exact) mass is 474 g/mol. The summed E-state index contributed by atoms with van der Waals surface area (Å²) in [6.07, 6.45) is -2.00. The summed E-state index contributed by atoms with van der Waals surface area (Å²) in [5.74, 6) is -2.76. The lowest BCUT2D eigenvalue weighted by atomic mass is 10.1. The predicted molar refractivity (Wildman–Crippen MR) is 107 cm³/mol. The van der Waals surface area contributed by atoms with E-state index < -0.39 is 23.9 Å². The summed E-state index contributed by atoms with van der Waals surface area (Å²) in [5, 5.41) is 15.3. The normalized spacial score (nSPS) is 11.0. The first kappa shape index (κ1) is 25.5. The molecule has 0 unspecified atom stereocenters. The van der Waals surface area contributed by atoms with Gasteiger partial charge in [0.2, 0.25) is 0 Å². The predicted octanol–water partition coefficient (Wildman–Crippen LogP) is 2.66. The average Bonchev–Trinajstić information content (AvgIpc) is 3.38. The number of carboxylic acids is 1. The fourth-order valence-electron chi connectivity index (χ4n) is 2.53. The quantitative estimate of drug-likeness (QED) is 0.530. The lowest BCUT2D eigenvalue weighted by Gasteiger charge is -2.04. The number of nitrogens with two attached hydrogens (primary N) is 1. The van der Waals surface area contributed by atoms with Gasteiger partial charge < -0.3 is 10.8 Å². The number of carbonyl (C=O) groups is 1. The van der Waals surface area contributed by atoms with Crippen LogP contribution in [0.1, 0.15) is 6.92 Å². The zero-order valence-corrected chi connectivity index (χ0v) is 17.1. The third-order valence-corrected chi connectivity index (χ3v) is 4.25. The Balaban J connectivity index is 0.000000479. The molecule has 0 aliphatic heterocycles. The van der Waals surface area contributed by atoms with Crippen molar-refractivity contribution in [3.05, 3.63) is 65.1 Å². The highest BCUT2D eigenvalue weighted by molar-refractivity contribution is 5.73. The van der Waals surface area contributed by atoms with Gasteiger partial charge in [-0.15, -0.1) is 0 Å². The van der Waals surface area contributed by atoms with Gasteiger partial charge in [-0.25, -0.2) is 18.8 Å². The van der Waals surface area contributed by atoms with Crippen molar-refractivity contribution in [3.8, 4) is 16.8 Å². The molecule has 0 saturated carbocycles. The van der Waals surface area contributed by atoms with Gasteiger partial charge in [0.05, 0.1) is 18.4 Å². The molecule has 3 aromatic rings. The zero-order chi connectivity index (χ0) is 24.8. The molecule has 0 saturated heterocycles. The van der Waals surface area contributed by atoms with Crippen LogP contribution in [0.2, 0.25) is 0 Å². The van der Waals surface area contributed by atoms with E-state index in [0.717, 1.165) is 22.4 Å². The number of rotatable bonds is 6. The Morgan fingerprint density at radius 3 is 2.36 bits per heavy atom. The van der Waals surface area contributed by atoms with Gasteiger partial charge in [-0.05, 0) is 24.6 Å². The van der Waals surface area contributed by atoms with E-state index in [0.29, 0.717) is 5.69 Å². The average molecular weight is 474 g/mol. The molecule has 0 aliphatic carbocycles. The summed E-state index contributed by atoms with van der Waals surface area (Å²) >= 11 is 0. The molecule has 33 heavy (non-hydrogen) atoms. The second-order valence-corrected chi connectivity index (χ2v) is 6.45. The maximum atomic E-state index is 12.8. The van der Waals surface area contributed by atoms with Crippen LogP contribution in [0.5, 0.6) is 0 Å². The van der Waals surface area contributed by atoms with Gasteiger partial charge in [-0.3, -0.25) is 4.68 Å². The maximum Gasteiger partial charge on any atom is 0.490 e. The standard InChI is InChI=1S/C17H18F2N6O.C2HF3O2/c1-2-23-9-14(8-21-23)12-4-3-5-15(6-12)24-11-22-25(17(24)26)10-13(7-20)16(18)19;3-2(4,5)1(6)7/h3-6,8-9,11H,2,7,10,20H2,1H3;(H,6,7). The fourth-order valence-corrected chi connectivity index (χ4v) is 2.53. The summed E-state index contributed by atoms with van der Waals surface area (Å²) < 4.78 is 61.3. The number of carboxylic acid groups (broad SMARTS) is 1. The van der Waals surface area contributed by atoms with Crippen molar-refractivity contribution < 1.29 is 31.9 Å². The molecule has 9 nitrogen and oxygen atoms in total. The summed E-state index contributed by atoms with van der Waals surface area (Å²) in [7, 11) is 0. The molecular formula is C19H19F5N6O3. The lowest BCUT2D eigenvalue weighted by molar-refractivity contribution is -0.192.